The molecule has 255 valence electrons. The molecule has 0 saturated heterocycles. The van der Waals surface area contributed by atoms with Crippen LogP contribution in [0.4, 0.5) is 0 Å². The van der Waals surface area contributed by atoms with Gasteiger partial charge in [0.05, 0.1) is 0 Å². The summed E-state index contributed by atoms with van der Waals surface area (Å²) >= 11 is 0.00951. The van der Waals surface area contributed by atoms with Crippen LogP contribution in [0, 0.1) is 12.1 Å². The van der Waals surface area contributed by atoms with Gasteiger partial charge in [0.25, 0.3) is 0 Å². The van der Waals surface area contributed by atoms with E-state index in [-0.39, 0.29) is 20.1 Å². The second kappa shape index (κ2) is 16.0. The molecule has 0 aliphatic carbocycles. The fourth-order valence-electron chi connectivity index (χ4n) is 6.10. The van der Waals surface area contributed by atoms with Gasteiger partial charge in [-0.3, -0.25) is 0 Å². The molecule has 8 aromatic rings. The Hall–Kier alpha value is -4.19. The van der Waals surface area contributed by atoms with Crippen molar-refractivity contribution in [2.45, 2.75) is 37.0 Å². The molecule has 0 fully saturated rings. The largest absolute Gasteiger partial charge is 0 e. The first kappa shape index (κ1) is 35.2. The summed E-state index contributed by atoms with van der Waals surface area (Å²) in [5.74, 6) is 6.50. The van der Waals surface area contributed by atoms with E-state index in [1.165, 1.54) is 46.8 Å². The Balaban J connectivity index is 0.000000182. The van der Waals surface area contributed by atoms with Crippen LogP contribution in [0.1, 0.15) is 26.7 Å². The Labute approximate surface area is 323 Å². The summed E-state index contributed by atoms with van der Waals surface area (Å²) in [6.07, 6.45) is 3.86. The van der Waals surface area contributed by atoms with Crippen molar-refractivity contribution in [3.05, 3.63) is 164 Å². The first-order chi connectivity index (χ1) is 24.6. The topological polar surface area (TPSA) is 25.8 Å². The van der Waals surface area contributed by atoms with Crippen LogP contribution in [-0.2, 0) is 20.1 Å². The molecule has 0 aliphatic heterocycles. The van der Waals surface area contributed by atoms with E-state index in [0.717, 1.165) is 28.1 Å². The van der Waals surface area contributed by atoms with E-state index < -0.39 is 19.2 Å². The first-order valence-electron chi connectivity index (χ1n) is 17.5. The zero-order chi connectivity index (χ0) is 35.6. The maximum absolute atomic E-state index is 8.37. The summed E-state index contributed by atoms with van der Waals surface area (Å²) in [5.41, 5.74) is 9.79. The van der Waals surface area contributed by atoms with E-state index in [2.05, 4.69) is 143 Å². The van der Waals surface area contributed by atoms with Gasteiger partial charge in [0.1, 0.15) is 0 Å². The zero-order valence-electron chi connectivity index (χ0n) is 30.5. The summed E-state index contributed by atoms with van der Waals surface area (Å²) in [7, 11) is 0. The summed E-state index contributed by atoms with van der Waals surface area (Å²) in [6, 6.07) is 52.9. The average Bonchev–Trinajstić information content (AvgIpc) is 3.55. The van der Waals surface area contributed by atoms with Crippen molar-refractivity contribution in [3.8, 4) is 44.8 Å². The number of aromatic nitrogens is 2. The molecular formula is C46H40GeIrN2S-2. The third-order valence-corrected chi connectivity index (χ3v) is 14.5. The van der Waals surface area contributed by atoms with Crippen molar-refractivity contribution in [3.63, 3.8) is 0 Å². The van der Waals surface area contributed by atoms with Crippen molar-refractivity contribution in [2.75, 3.05) is 0 Å². The van der Waals surface area contributed by atoms with Gasteiger partial charge in [0.2, 0.25) is 0 Å². The quantitative estimate of drug-likeness (QED) is 0.123. The number of fused-ring (bicyclic) bond motifs is 3. The first-order valence-corrected chi connectivity index (χ1v) is 25.1. The number of nitrogens with zero attached hydrogens (tertiary/aromatic N) is 2. The number of benzene rings is 5. The Morgan fingerprint density at radius 1 is 0.647 bits per heavy atom. The molecule has 5 heteroatoms. The Kier molecular flexibility index (Phi) is 11.1. The van der Waals surface area contributed by atoms with E-state index in [9.17, 15) is 0 Å². The Morgan fingerprint density at radius 2 is 1.35 bits per heavy atom. The van der Waals surface area contributed by atoms with Gasteiger partial charge in [-0.2, -0.15) is 11.3 Å². The van der Waals surface area contributed by atoms with Crippen molar-refractivity contribution >= 4 is 49.2 Å². The second-order valence-electron chi connectivity index (χ2n) is 13.7. The predicted octanol–water partition coefficient (Wildman–Crippen LogP) is 12.5. The molecule has 51 heavy (non-hydrogen) atoms. The minimum Gasteiger partial charge on any atom is 0 e. The Bertz CT molecular complexity index is 2430. The van der Waals surface area contributed by atoms with Gasteiger partial charge in [-0.05, 0) is 38.9 Å². The average molecular weight is 919 g/mol. The van der Waals surface area contributed by atoms with Gasteiger partial charge in [0.15, 0.2) is 0 Å². The molecule has 3 aromatic heterocycles. The van der Waals surface area contributed by atoms with Gasteiger partial charge < -0.3 is 4.98 Å². The molecule has 1 radical (unpaired) electrons. The van der Waals surface area contributed by atoms with Gasteiger partial charge in [-0.1, -0.05) is 79.4 Å². The van der Waals surface area contributed by atoms with Gasteiger partial charge >= 0.3 is 135 Å². The van der Waals surface area contributed by atoms with E-state index in [1.807, 2.05) is 50.2 Å². The molecule has 0 spiro atoms. The third-order valence-electron chi connectivity index (χ3n) is 8.95. The van der Waals surface area contributed by atoms with Crippen molar-refractivity contribution in [1.82, 2.24) is 9.97 Å². The second-order valence-corrected chi connectivity index (χ2v) is 25.4. The fourth-order valence-corrected chi connectivity index (χ4v) is 9.61. The van der Waals surface area contributed by atoms with E-state index in [0.29, 0.717) is 0 Å². The molecule has 3 heterocycles. The zero-order valence-corrected chi connectivity index (χ0v) is 34.8. The molecule has 5 aromatic carbocycles. The molecular weight excluding hydrogens is 877 g/mol. The van der Waals surface area contributed by atoms with Crippen LogP contribution in [0.2, 0.25) is 17.3 Å². The predicted molar refractivity (Wildman–Crippen MR) is 218 cm³/mol. The molecule has 0 bridgehead atoms. The molecule has 0 unspecified atom stereocenters. The molecule has 0 atom stereocenters. The SMILES string of the molecule is [2H]C(C)(C)c1ccnc(-c2[c-]ccc3c2sc2c(-c4ccccc4)cccc23)c1.[CH3][Ge]([CH3])([CH3])[c]1ccc(-c2[c-]ccc(-c3ccccc3)c2)nc1.[Ir]. The monoisotopic (exact) mass is 920 g/mol. The van der Waals surface area contributed by atoms with E-state index in [4.69, 9.17) is 1.37 Å². The number of hydrogen-bond donors (Lipinski definition) is 0. The maximum Gasteiger partial charge on any atom is 0 e. The summed E-state index contributed by atoms with van der Waals surface area (Å²) < 4.78 is 12.3. The number of thiophene rings is 1. The number of hydrogen-bond acceptors (Lipinski definition) is 3. The molecule has 0 aliphatic rings. The van der Waals surface area contributed by atoms with Crippen LogP contribution in [0.15, 0.2) is 146 Å². The van der Waals surface area contributed by atoms with Crippen molar-refractivity contribution in [1.29, 1.82) is 0 Å². The Morgan fingerprint density at radius 3 is 2.04 bits per heavy atom. The van der Waals surface area contributed by atoms with Crippen molar-refractivity contribution in [2.24, 2.45) is 0 Å². The molecule has 2 nitrogen and oxygen atoms in total. The number of rotatable bonds is 6. The summed E-state index contributed by atoms with van der Waals surface area (Å²) in [6.45, 7) is 3.81. The van der Waals surface area contributed by atoms with Gasteiger partial charge in [-0.15, -0.1) is 23.8 Å². The van der Waals surface area contributed by atoms with Crippen molar-refractivity contribution < 1.29 is 21.5 Å². The van der Waals surface area contributed by atoms with Crippen LogP contribution in [0.3, 0.4) is 0 Å². The van der Waals surface area contributed by atoms with Crippen LogP contribution < -0.4 is 4.40 Å². The van der Waals surface area contributed by atoms with Crippen LogP contribution in [-0.4, -0.2) is 23.2 Å². The normalized spacial score (nSPS) is 11.7. The molecule has 0 saturated carbocycles. The number of pyridine rings is 2. The fraction of sp³-hybridized carbons (Fsp3) is 0.130. The molecule has 0 N–H and O–H groups in total. The minimum absolute atomic E-state index is 0. The maximum atomic E-state index is 8.37. The summed E-state index contributed by atoms with van der Waals surface area (Å²) in [5, 5.41) is 2.49. The third kappa shape index (κ3) is 8.16. The molecule has 8 rings (SSSR count). The van der Waals surface area contributed by atoms with E-state index in [1.54, 1.807) is 17.5 Å². The van der Waals surface area contributed by atoms with Crippen LogP contribution >= 0.6 is 11.3 Å². The standard InChI is InChI=1S/C26H20NS.C20H20GeN.Ir/c1-17(2)19-14-15-27-24(16-19)23-13-7-12-22-21-11-6-10-20(25(21)28-26(22)23)18-8-4-3-5-9-18;1-21(2,3)19-12-13-20(22-15-19)18-11-7-10-17(14-18)16-8-5-4-6-9-16;/h3-12,14-17H,1-2H3;4-10,12-15H,1-3H3;/q2*-1;/i17D;;. The van der Waals surface area contributed by atoms with Crippen LogP contribution in [0.25, 0.3) is 64.9 Å². The smallest absolute Gasteiger partial charge is 0 e. The van der Waals surface area contributed by atoms with Gasteiger partial charge in [-0.25, -0.2) is 0 Å². The summed E-state index contributed by atoms with van der Waals surface area (Å²) in [4.78, 5) is 9.28. The van der Waals surface area contributed by atoms with Crippen LogP contribution in [0.5, 0.6) is 0 Å². The minimum atomic E-state index is -1.79. The van der Waals surface area contributed by atoms with Gasteiger partial charge in [0, 0.05) is 32.4 Å². The van der Waals surface area contributed by atoms with E-state index >= 15 is 0 Å². The molecule has 0 amide bonds.